The van der Waals surface area contributed by atoms with E-state index in [1.165, 1.54) is 0 Å². The van der Waals surface area contributed by atoms with Crippen LogP contribution in [0.1, 0.15) is 55.7 Å². The van der Waals surface area contributed by atoms with E-state index in [2.05, 4.69) is 43.6 Å². The van der Waals surface area contributed by atoms with Crippen LogP contribution in [0.5, 0.6) is 0 Å². The van der Waals surface area contributed by atoms with Crippen molar-refractivity contribution in [2.75, 3.05) is 32.7 Å². The Morgan fingerprint density at radius 1 is 1.23 bits per heavy atom. The molecule has 1 amide bonds. The summed E-state index contributed by atoms with van der Waals surface area (Å²) in [5.41, 5.74) is 2.42. The standard InChI is InChI=1S/C20H27N5O/c1-6-7-23-8-10-24(11-9-23)20(26)16-12-18(14(2)3)22-19-17(16)13-21-25(19)15(4)5/h1,12-15H,7-11H2,2-5H3. The number of piperazine rings is 1. The molecule has 6 nitrogen and oxygen atoms in total. The number of amides is 1. The first kappa shape index (κ1) is 18.4. The molecule has 0 radical (unpaired) electrons. The molecule has 0 saturated carbocycles. The molecule has 0 bridgehead atoms. The van der Waals surface area contributed by atoms with E-state index in [1.54, 1.807) is 6.20 Å². The number of hydrogen-bond acceptors (Lipinski definition) is 4. The van der Waals surface area contributed by atoms with Crippen LogP contribution < -0.4 is 0 Å². The number of aromatic nitrogens is 3. The van der Waals surface area contributed by atoms with E-state index in [0.717, 1.165) is 29.8 Å². The molecule has 1 aliphatic rings. The summed E-state index contributed by atoms with van der Waals surface area (Å²) in [6.45, 7) is 12.0. The largest absolute Gasteiger partial charge is 0.336 e. The van der Waals surface area contributed by atoms with Gasteiger partial charge in [-0.25, -0.2) is 9.67 Å². The van der Waals surface area contributed by atoms with E-state index in [1.807, 2.05) is 15.6 Å². The van der Waals surface area contributed by atoms with Gasteiger partial charge in [-0.15, -0.1) is 6.42 Å². The number of pyridine rings is 1. The third-order valence-corrected chi connectivity index (χ3v) is 4.87. The lowest BCUT2D eigenvalue weighted by Gasteiger charge is -2.33. The van der Waals surface area contributed by atoms with Gasteiger partial charge in [0.15, 0.2) is 5.65 Å². The molecule has 0 N–H and O–H groups in total. The first-order chi connectivity index (χ1) is 12.4. The fourth-order valence-corrected chi connectivity index (χ4v) is 3.30. The SMILES string of the molecule is C#CCN1CCN(C(=O)c2cc(C(C)C)nc3c2cnn3C(C)C)CC1. The molecule has 1 saturated heterocycles. The Morgan fingerprint density at radius 3 is 2.50 bits per heavy atom. The van der Waals surface area contributed by atoms with Crippen molar-refractivity contribution in [3.8, 4) is 12.3 Å². The Balaban J connectivity index is 1.96. The van der Waals surface area contributed by atoms with Gasteiger partial charge in [-0.3, -0.25) is 9.69 Å². The summed E-state index contributed by atoms with van der Waals surface area (Å²) in [6, 6.07) is 2.13. The molecule has 26 heavy (non-hydrogen) atoms. The number of nitrogens with zero attached hydrogens (tertiary/aromatic N) is 5. The van der Waals surface area contributed by atoms with Crippen LogP contribution in [-0.2, 0) is 0 Å². The Morgan fingerprint density at radius 2 is 1.92 bits per heavy atom. The van der Waals surface area contributed by atoms with E-state index < -0.39 is 0 Å². The molecule has 1 aliphatic heterocycles. The average molecular weight is 353 g/mol. The predicted octanol–water partition coefficient (Wildman–Crippen LogP) is 2.53. The lowest BCUT2D eigenvalue weighted by atomic mass is 10.0. The molecule has 2 aromatic heterocycles. The Hall–Kier alpha value is -2.39. The van der Waals surface area contributed by atoms with Crippen LogP contribution in [0, 0.1) is 12.3 Å². The quantitative estimate of drug-likeness (QED) is 0.793. The minimum atomic E-state index is 0.0583. The average Bonchev–Trinajstić information content (AvgIpc) is 3.05. The van der Waals surface area contributed by atoms with Gasteiger partial charge >= 0.3 is 0 Å². The maximum atomic E-state index is 13.2. The summed E-state index contributed by atoms with van der Waals surface area (Å²) in [7, 11) is 0. The van der Waals surface area contributed by atoms with Gasteiger partial charge < -0.3 is 4.90 Å². The summed E-state index contributed by atoms with van der Waals surface area (Å²) < 4.78 is 1.89. The second kappa shape index (κ2) is 7.46. The maximum absolute atomic E-state index is 13.2. The normalized spacial score (nSPS) is 15.8. The topological polar surface area (TPSA) is 54.3 Å². The zero-order valence-electron chi connectivity index (χ0n) is 16.1. The first-order valence-electron chi connectivity index (χ1n) is 9.25. The second-order valence-electron chi connectivity index (χ2n) is 7.44. The van der Waals surface area contributed by atoms with Gasteiger partial charge in [0.1, 0.15) is 0 Å². The van der Waals surface area contributed by atoms with Crippen LogP contribution >= 0.6 is 0 Å². The number of hydrogen-bond donors (Lipinski definition) is 0. The highest BCUT2D eigenvalue weighted by atomic mass is 16.2. The smallest absolute Gasteiger partial charge is 0.254 e. The van der Waals surface area contributed by atoms with E-state index in [9.17, 15) is 4.79 Å². The van der Waals surface area contributed by atoms with Crippen molar-refractivity contribution in [2.24, 2.45) is 0 Å². The van der Waals surface area contributed by atoms with Gasteiger partial charge in [-0.05, 0) is 25.8 Å². The van der Waals surface area contributed by atoms with Gasteiger partial charge in [0.25, 0.3) is 5.91 Å². The molecular weight excluding hydrogens is 326 g/mol. The highest BCUT2D eigenvalue weighted by Gasteiger charge is 2.25. The van der Waals surface area contributed by atoms with Crippen LogP contribution in [-0.4, -0.2) is 63.2 Å². The molecule has 2 aromatic rings. The number of carbonyl (C=O) groups excluding carboxylic acids is 1. The summed E-state index contributed by atoms with van der Waals surface area (Å²) in [4.78, 5) is 22.1. The van der Waals surface area contributed by atoms with E-state index in [-0.39, 0.29) is 17.9 Å². The van der Waals surface area contributed by atoms with Crippen molar-refractivity contribution >= 4 is 16.9 Å². The van der Waals surface area contributed by atoms with Gasteiger partial charge in [0, 0.05) is 37.9 Å². The molecule has 0 aliphatic carbocycles. The highest BCUT2D eigenvalue weighted by Crippen LogP contribution is 2.25. The van der Waals surface area contributed by atoms with Crippen LogP contribution in [0.15, 0.2) is 12.3 Å². The molecule has 6 heteroatoms. The minimum Gasteiger partial charge on any atom is -0.336 e. The Kier molecular flexibility index (Phi) is 5.28. The minimum absolute atomic E-state index is 0.0583. The zero-order chi connectivity index (χ0) is 18.8. The van der Waals surface area contributed by atoms with Gasteiger partial charge in [-0.1, -0.05) is 19.8 Å². The second-order valence-corrected chi connectivity index (χ2v) is 7.44. The molecule has 138 valence electrons. The molecule has 0 aromatic carbocycles. The molecule has 1 fully saturated rings. The fraction of sp³-hybridized carbons (Fsp3) is 0.550. The van der Waals surface area contributed by atoms with E-state index in [4.69, 9.17) is 11.4 Å². The van der Waals surface area contributed by atoms with Crippen molar-refractivity contribution in [2.45, 2.75) is 39.7 Å². The van der Waals surface area contributed by atoms with Gasteiger partial charge in [-0.2, -0.15) is 5.10 Å². The molecule has 3 rings (SSSR count). The molecule has 0 spiro atoms. The van der Waals surface area contributed by atoms with E-state index in [0.29, 0.717) is 25.2 Å². The van der Waals surface area contributed by atoms with Crippen molar-refractivity contribution in [1.29, 1.82) is 0 Å². The zero-order valence-corrected chi connectivity index (χ0v) is 16.1. The predicted molar refractivity (Wildman–Crippen MR) is 103 cm³/mol. The number of rotatable bonds is 4. The molecule has 0 unspecified atom stereocenters. The number of fused-ring (bicyclic) bond motifs is 1. The van der Waals surface area contributed by atoms with Gasteiger partial charge in [0.2, 0.25) is 0 Å². The van der Waals surface area contributed by atoms with Crippen LogP contribution in [0.3, 0.4) is 0 Å². The van der Waals surface area contributed by atoms with Gasteiger partial charge in [0.05, 0.1) is 23.7 Å². The lowest BCUT2D eigenvalue weighted by Crippen LogP contribution is -2.48. The summed E-state index contributed by atoms with van der Waals surface area (Å²) >= 11 is 0. The lowest BCUT2D eigenvalue weighted by molar-refractivity contribution is 0.0654. The fourth-order valence-electron chi connectivity index (χ4n) is 3.30. The number of carbonyl (C=O) groups is 1. The van der Waals surface area contributed by atoms with Crippen molar-refractivity contribution < 1.29 is 4.79 Å². The Labute approximate surface area is 155 Å². The van der Waals surface area contributed by atoms with Crippen LogP contribution in [0.25, 0.3) is 11.0 Å². The molecule has 0 atom stereocenters. The third kappa shape index (κ3) is 3.45. The number of terminal acetylenes is 1. The van der Waals surface area contributed by atoms with Crippen molar-refractivity contribution in [1.82, 2.24) is 24.6 Å². The Bertz CT molecular complexity index is 838. The maximum Gasteiger partial charge on any atom is 0.254 e. The van der Waals surface area contributed by atoms with Crippen molar-refractivity contribution in [3.05, 3.63) is 23.5 Å². The monoisotopic (exact) mass is 353 g/mol. The first-order valence-corrected chi connectivity index (χ1v) is 9.25. The van der Waals surface area contributed by atoms with Crippen LogP contribution in [0.4, 0.5) is 0 Å². The summed E-state index contributed by atoms with van der Waals surface area (Å²) in [6.07, 6.45) is 7.16. The summed E-state index contributed by atoms with van der Waals surface area (Å²) in [5, 5.41) is 5.31. The molecule has 3 heterocycles. The van der Waals surface area contributed by atoms with E-state index >= 15 is 0 Å². The highest BCUT2D eigenvalue weighted by molar-refractivity contribution is 6.05. The molecular formula is C20H27N5O. The summed E-state index contributed by atoms with van der Waals surface area (Å²) in [5.74, 6) is 2.98. The third-order valence-electron chi connectivity index (χ3n) is 4.87. The van der Waals surface area contributed by atoms with Crippen LogP contribution in [0.2, 0.25) is 0 Å². The van der Waals surface area contributed by atoms with Crippen molar-refractivity contribution in [3.63, 3.8) is 0 Å².